The number of rotatable bonds is 3. The van der Waals surface area contributed by atoms with Crippen LogP contribution in [0.25, 0.3) is 0 Å². The maximum atomic E-state index is 3.82. The number of hydrogen-bond acceptors (Lipinski definition) is 0. The highest BCUT2D eigenvalue weighted by molar-refractivity contribution is 5.42. The number of hydrogen-bond donors (Lipinski definition) is 0. The number of allylic oxidation sites excluding steroid dienone is 1. The van der Waals surface area contributed by atoms with Gasteiger partial charge in [0.2, 0.25) is 0 Å². The lowest BCUT2D eigenvalue weighted by molar-refractivity contribution is 1.10. The van der Waals surface area contributed by atoms with Crippen LogP contribution in [-0.2, 0) is 0 Å². The predicted octanol–water partition coefficient (Wildman–Crippen LogP) is 4.00. The van der Waals surface area contributed by atoms with Crippen LogP contribution in [0.3, 0.4) is 0 Å². The molecule has 0 heteroatoms. The molecule has 1 aromatic carbocycles. The van der Waals surface area contributed by atoms with E-state index in [-0.39, 0.29) is 0 Å². The molecule has 0 aliphatic heterocycles. The van der Waals surface area contributed by atoms with Crippen molar-refractivity contribution < 1.29 is 0 Å². The molecule has 0 saturated heterocycles. The summed E-state index contributed by atoms with van der Waals surface area (Å²) in [6.45, 7) is 8.12. The van der Waals surface area contributed by atoms with Crippen molar-refractivity contribution in [3.63, 3.8) is 0 Å². The van der Waals surface area contributed by atoms with E-state index < -0.39 is 0 Å². The molecule has 73 valence electrons. The summed E-state index contributed by atoms with van der Waals surface area (Å²) in [6.07, 6.45) is 4.68. The van der Waals surface area contributed by atoms with Crippen molar-refractivity contribution in [2.24, 2.45) is 0 Å². The molecule has 0 aromatic heterocycles. The predicted molar refractivity (Wildman–Crippen MR) is 61.4 cm³/mol. The molecule has 1 aromatic rings. The molecule has 14 heavy (non-hydrogen) atoms. The monoisotopic (exact) mass is 185 g/mol. The van der Waals surface area contributed by atoms with E-state index in [4.69, 9.17) is 0 Å². The van der Waals surface area contributed by atoms with Gasteiger partial charge in [-0.3, -0.25) is 0 Å². The average molecular weight is 185 g/mol. The summed E-state index contributed by atoms with van der Waals surface area (Å²) in [5.74, 6) is 2.11. The van der Waals surface area contributed by atoms with E-state index in [1.165, 1.54) is 35.4 Å². The van der Waals surface area contributed by atoms with Gasteiger partial charge in [0.1, 0.15) is 0 Å². The topological polar surface area (TPSA) is 0 Å². The van der Waals surface area contributed by atoms with E-state index in [0.29, 0.717) is 0 Å². The van der Waals surface area contributed by atoms with Crippen LogP contribution in [0.5, 0.6) is 0 Å². The van der Waals surface area contributed by atoms with Gasteiger partial charge in [-0.15, -0.1) is 6.58 Å². The van der Waals surface area contributed by atoms with Crippen LogP contribution < -0.4 is 0 Å². The van der Waals surface area contributed by atoms with Gasteiger partial charge in [0, 0.05) is 5.92 Å². The minimum atomic E-state index is 0.839. The first kappa shape index (κ1) is 9.51. The zero-order chi connectivity index (χ0) is 10.1. The fourth-order valence-corrected chi connectivity index (χ4v) is 1.81. The molecule has 0 bridgehead atoms. The standard InChI is InChI=1S/C14H17/c1-4-11(3)13-7-10(2)8-14(9-13)12-5-6-12/h4,7-9,12H,1,5-6H2,2-3H3. The molecule has 0 atom stereocenters. The highest BCUT2D eigenvalue weighted by atomic mass is 14.3. The van der Waals surface area contributed by atoms with Crippen molar-refractivity contribution >= 4 is 0 Å². The lowest BCUT2D eigenvalue weighted by Gasteiger charge is -2.09. The summed E-state index contributed by atoms with van der Waals surface area (Å²) in [4.78, 5) is 0. The first-order chi connectivity index (χ1) is 6.70. The zero-order valence-corrected chi connectivity index (χ0v) is 9.01. The lowest BCUT2D eigenvalue weighted by atomic mass is 9.95. The molecule has 1 radical (unpaired) electrons. The largest absolute Gasteiger partial charge is 0.102 e. The first-order valence-electron chi connectivity index (χ1n) is 5.28. The van der Waals surface area contributed by atoms with Crippen LogP contribution in [0.2, 0.25) is 0 Å². The van der Waals surface area contributed by atoms with E-state index in [0.717, 1.165) is 5.92 Å². The summed E-state index contributed by atoms with van der Waals surface area (Å²) in [6, 6.07) is 6.88. The Morgan fingerprint density at radius 2 is 2.07 bits per heavy atom. The maximum absolute atomic E-state index is 3.82. The molecular formula is C14H17. The third-order valence-electron chi connectivity index (χ3n) is 2.91. The maximum Gasteiger partial charge on any atom is 0.0230 e. The van der Waals surface area contributed by atoms with Crippen LogP contribution in [0.4, 0.5) is 0 Å². The van der Waals surface area contributed by atoms with Gasteiger partial charge in [0.15, 0.2) is 0 Å². The van der Waals surface area contributed by atoms with Crippen molar-refractivity contribution in [1.82, 2.24) is 0 Å². The fourth-order valence-electron chi connectivity index (χ4n) is 1.81. The van der Waals surface area contributed by atoms with Crippen molar-refractivity contribution in [3.8, 4) is 0 Å². The second kappa shape index (κ2) is 3.61. The molecule has 1 aliphatic carbocycles. The lowest BCUT2D eigenvalue weighted by Crippen LogP contribution is -1.93. The van der Waals surface area contributed by atoms with Crippen molar-refractivity contribution in [2.45, 2.75) is 32.6 Å². The summed E-state index contributed by atoms with van der Waals surface area (Å²) in [5, 5.41) is 0. The van der Waals surface area contributed by atoms with E-state index >= 15 is 0 Å². The van der Waals surface area contributed by atoms with Gasteiger partial charge in [-0.25, -0.2) is 0 Å². The van der Waals surface area contributed by atoms with E-state index in [2.05, 4.69) is 38.6 Å². The van der Waals surface area contributed by atoms with Crippen LogP contribution >= 0.6 is 0 Å². The van der Waals surface area contributed by atoms with Gasteiger partial charge in [-0.05, 0) is 36.8 Å². The average Bonchev–Trinajstić information content (AvgIpc) is 2.98. The number of aryl methyl sites for hydroxylation is 1. The minimum Gasteiger partial charge on any atom is -0.102 e. The molecule has 1 saturated carbocycles. The highest BCUT2D eigenvalue weighted by Gasteiger charge is 2.24. The molecule has 0 heterocycles. The molecule has 0 unspecified atom stereocenters. The molecule has 0 N–H and O–H groups in total. The smallest absolute Gasteiger partial charge is 0.0230 e. The van der Waals surface area contributed by atoms with Gasteiger partial charge in [-0.2, -0.15) is 0 Å². The van der Waals surface area contributed by atoms with Crippen molar-refractivity contribution in [3.05, 3.63) is 53.5 Å². The molecule has 0 spiro atoms. The third-order valence-corrected chi connectivity index (χ3v) is 2.91. The minimum absolute atomic E-state index is 0.839. The fraction of sp³-hybridized carbons (Fsp3) is 0.357. The molecule has 0 nitrogen and oxygen atoms in total. The Balaban J connectivity index is 2.35. The van der Waals surface area contributed by atoms with Crippen LogP contribution in [0.1, 0.15) is 42.4 Å². The number of benzene rings is 1. The van der Waals surface area contributed by atoms with Crippen molar-refractivity contribution in [2.75, 3.05) is 0 Å². The SMILES string of the molecule is C=C[C](C)c1cc(C)cc(C2CC2)c1. The summed E-state index contributed by atoms with van der Waals surface area (Å²) in [5.41, 5.74) is 4.22. The van der Waals surface area contributed by atoms with Gasteiger partial charge in [-0.1, -0.05) is 36.8 Å². The van der Waals surface area contributed by atoms with E-state index in [1.807, 2.05) is 6.08 Å². The van der Waals surface area contributed by atoms with E-state index in [1.54, 1.807) is 0 Å². The molecular weight excluding hydrogens is 168 g/mol. The Hall–Kier alpha value is -1.04. The summed E-state index contributed by atoms with van der Waals surface area (Å²) < 4.78 is 0. The Labute approximate surface area is 86.7 Å². The zero-order valence-electron chi connectivity index (χ0n) is 9.01. The molecule has 2 rings (SSSR count). The van der Waals surface area contributed by atoms with Crippen molar-refractivity contribution in [1.29, 1.82) is 0 Å². The Kier molecular flexibility index (Phi) is 2.45. The van der Waals surface area contributed by atoms with Crippen LogP contribution in [-0.4, -0.2) is 0 Å². The summed E-state index contributed by atoms with van der Waals surface area (Å²) >= 11 is 0. The Bertz CT molecular complexity index is 345. The second-order valence-corrected chi connectivity index (χ2v) is 4.29. The van der Waals surface area contributed by atoms with Gasteiger partial charge in [0.25, 0.3) is 0 Å². The second-order valence-electron chi connectivity index (χ2n) is 4.29. The Morgan fingerprint density at radius 3 is 2.64 bits per heavy atom. The van der Waals surface area contributed by atoms with Crippen LogP contribution in [0, 0.1) is 12.8 Å². The molecule has 0 amide bonds. The van der Waals surface area contributed by atoms with Gasteiger partial charge >= 0.3 is 0 Å². The van der Waals surface area contributed by atoms with Gasteiger partial charge in [0.05, 0.1) is 0 Å². The first-order valence-corrected chi connectivity index (χ1v) is 5.28. The highest BCUT2D eigenvalue weighted by Crippen LogP contribution is 2.41. The Morgan fingerprint density at radius 1 is 1.36 bits per heavy atom. The summed E-state index contributed by atoms with van der Waals surface area (Å²) in [7, 11) is 0. The van der Waals surface area contributed by atoms with Crippen LogP contribution in [0.15, 0.2) is 30.9 Å². The molecule has 1 fully saturated rings. The van der Waals surface area contributed by atoms with Gasteiger partial charge < -0.3 is 0 Å². The third kappa shape index (κ3) is 1.89. The van der Waals surface area contributed by atoms with E-state index in [9.17, 15) is 0 Å². The quantitative estimate of drug-likeness (QED) is 0.667. The normalized spacial score (nSPS) is 15.9. The molecule has 1 aliphatic rings.